The molecule has 0 aromatic heterocycles. The third-order valence-electron chi connectivity index (χ3n) is 2.67. The van der Waals surface area contributed by atoms with E-state index in [1.165, 1.54) is 12.8 Å². The van der Waals surface area contributed by atoms with Crippen LogP contribution in [0.15, 0.2) is 11.6 Å². The van der Waals surface area contributed by atoms with Crippen LogP contribution in [0.4, 0.5) is 0 Å². The van der Waals surface area contributed by atoms with Gasteiger partial charge in [-0.15, -0.1) is 0 Å². The Hall–Kier alpha value is -0.830. The van der Waals surface area contributed by atoms with Gasteiger partial charge in [-0.05, 0) is 52.1 Å². The van der Waals surface area contributed by atoms with E-state index in [1.807, 2.05) is 13.8 Å². The maximum Gasteiger partial charge on any atom is 0.243 e. The minimum absolute atomic E-state index is 0.0405. The Morgan fingerprint density at radius 2 is 2.33 bits per heavy atom. The maximum atomic E-state index is 11.3. The van der Waals surface area contributed by atoms with Crippen molar-refractivity contribution in [2.45, 2.75) is 33.1 Å². The van der Waals surface area contributed by atoms with Crippen LogP contribution in [0.3, 0.4) is 0 Å². The fraction of sp³-hybridized carbons (Fsp3) is 0.750. The topological polar surface area (TPSA) is 41.1 Å². The van der Waals surface area contributed by atoms with E-state index in [1.54, 1.807) is 6.08 Å². The molecule has 0 bridgehead atoms. The smallest absolute Gasteiger partial charge is 0.243 e. The molecule has 1 amide bonds. The van der Waals surface area contributed by atoms with Crippen LogP contribution in [-0.2, 0) is 4.79 Å². The third-order valence-corrected chi connectivity index (χ3v) is 2.67. The second kappa shape index (κ2) is 6.62. The molecule has 3 nitrogen and oxygen atoms in total. The van der Waals surface area contributed by atoms with Gasteiger partial charge < -0.3 is 10.6 Å². The zero-order valence-corrected chi connectivity index (χ0v) is 9.81. The Morgan fingerprint density at radius 3 is 2.93 bits per heavy atom. The van der Waals surface area contributed by atoms with Crippen LogP contribution >= 0.6 is 0 Å². The van der Waals surface area contributed by atoms with Crippen LogP contribution in [0.5, 0.6) is 0 Å². The first-order valence-electron chi connectivity index (χ1n) is 5.82. The highest BCUT2D eigenvalue weighted by molar-refractivity contribution is 5.87. The van der Waals surface area contributed by atoms with Gasteiger partial charge in [0.1, 0.15) is 0 Å². The van der Waals surface area contributed by atoms with Gasteiger partial charge in [0, 0.05) is 12.6 Å². The molecule has 1 aliphatic heterocycles. The van der Waals surface area contributed by atoms with Gasteiger partial charge in [0.15, 0.2) is 0 Å². The second-order valence-corrected chi connectivity index (χ2v) is 4.51. The molecule has 1 heterocycles. The Kier molecular flexibility index (Phi) is 5.40. The minimum atomic E-state index is 0.0405. The number of rotatable bonds is 4. The zero-order valence-electron chi connectivity index (χ0n) is 9.81. The number of amides is 1. The molecule has 0 aromatic carbocycles. The number of hydrogen-bond acceptors (Lipinski definition) is 2. The lowest BCUT2D eigenvalue weighted by Crippen LogP contribution is -2.32. The number of carbonyl (C=O) groups is 1. The number of allylic oxidation sites excluding steroid dienone is 1. The molecule has 15 heavy (non-hydrogen) atoms. The summed E-state index contributed by atoms with van der Waals surface area (Å²) in [5.41, 5.74) is 1.05. The summed E-state index contributed by atoms with van der Waals surface area (Å²) in [6.07, 6.45) is 5.31. The minimum Gasteiger partial charge on any atom is -0.353 e. The monoisotopic (exact) mass is 210 g/mol. The van der Waals surface area contributed by atoms with Gasteiger partial charge in [-0.2, -0.15) is 0 Å². The Bertz CT molecular complexity index is 226. The molecule has 1 atom stereocenters. The van der Waals surface area contributed by atoms with Crippen molar-refractivity contribution >= 4 is 5.91 Å². The largest absolute Gasteiger partial charge is 0.353 e. The number of piperidine rings is 1. The first-order valence-corrected chi connectivity index (χ1v) is 5.82. The molecule has 1 aliphatic rings. The van der Waals surface area contributed by atoms with Crippen molar-refractivity contribution < 1.29 is 4.79 Å². The molecule has 1 rings (SSSR count). The second-order valence-electron chi connectivity index (χ2n) is 4.51. The van der Waals surface area contributed by atoms with E-state index >= 15 is 0 Å². The molecule has 0 aromatic rings. The average Bonchev–Trinajstić information content (AvgIpc) is 2.18. The summed E-state index contributed by atoms with van der Waals surface area (Å²) in [5.74, 6) is 0.782. The molecule has 1 unspecified atom stereocenters. The Morgan fingerprint density at radius 1 is 1.53 bits per heavy atom. The molecule has 1 fully saturated rings. The highest BCUT2D eigenvalue weighted by Crippen LogP contribution is 2.12. The van der Waals surface area contributed by atoms with Gasteiger partial charge in [0.05, 0.1) is 0 Å². The van der Waals surface area contributed by atoms with Crippen LogP contribution < -0.4 is 10.6 Å². The van der Waals surface area contributed by atoms with E-state index in [4.69, 9.17) is 0 Å². The van der Waals surface area contributed by atoms with Gasteiger partial charge in [0.25, 0.3) is 0 Å². The van der Waals surface area contributed by atoms with Crippen molar-refractivity contribution in [3.8, 4) is 0 Å². The molecule has 86 valence electrons. The average molecular weight is 210 g/mol. The standard InChI is InChI=1S/C12H22N2O/c1-10(2)8-12(15)14-7-5-11-4-3-6-13-9-11/h8,11,13H,3-7,9H2,1-2H3,(H,14,15). The third kappa shape index (κ3) is 5.57. The summed E-state index contributed by atoms with van der Waals surface area (Å²) in [6.45, 7) is 6.93. The van der Waals surface area contributed by atoms with E-state index in [-0.39, 0.29) is 5.91 Å². The summed E-state index contributed by atoms with van der Waals surface area (Å²) in [6, 6.07) is 0. The van der Waals surface area contributed by atoms with Crippen molar-refractivity contribution in [3.63, 3.8) is 0 Å². The van der Waals surface area contributed by atoms with Crippen LogP contribution in [0.2, 0.25) is 0 Å². The van der Waals surface area contributed by atoms with Crippen LogP contribution in [0.1, 0.15) is 33.1 Å². The fourth-order valence-electron chi connectivity index (χ4n) is 1.88. The molecular weight excluding hydrogens is 188 g/mol. The quantitative estimate of drug-likeness (QED) is 0.690. The lowest BCUT2D eigenvalue weighted by molar-refractivity contribution is -0.116. The summed E-state index contributed by atoms with van der Waals surface area (Å²) in [7, 11) is 0. The fourth-order valence-corrected chi connectivity index (χ4v) is 1.88. The zero-order chi connectivity index (χ0) is 11.1. The van der Waals surface area contributed by atoms with E-state index in [0.29, 0.717) is 0 Å². The van der Waals surface area contributed by atoms with E-state index < -0.39 is 0 Å². The van der Waals surface area contributed by atoms with E-state index in [9.17, 15) is 4.79 Å². The molecule has 3 heteroatoms. The SMILES string of the molecule is CC(C)=CC(=O)NCCC1CCCNC1. The van der Waals surface area contributed by atoms with Crippen molar-refractivity contribution in [2.75, 3.05) is 19.6 Å². The van der Waals surface area contributed by atoms with Gasteiger partial charge in [-0.25, -0.2) is 0 Å². The lowest BCUT2D eigenvalue weighted by atomic mass is 9.96. The van der Waals surface area contributed by atoms with Crippen LogP contribution in [-0.4, -0.2) is 25.5 Å². The molecule has 0 saturated carbocycles. The molecular formula is C12H22N2O. The van der Waals surface area contributed by atoms with E-state index in [0.717, 1.165) is 37.5 Å². The van der Waals surface area contributed by atoms with Gasteiger partial charge in [-0.1, -0.05) is 5.57 Å². The number of hydrogen-bond donors (Lipinski definition) is 2. The maximum absolute atomic E-state index is 11.3. The summed E-state index contributed by atoms with van der Waals surface area (Å²) in [5, 5.41) is 6.30. The van der Waals surface area contributed by atoms with Gasteiger partial charge >= 0.3 is 0 Å². The van der Waals surface area contributed by atoms with Crippen LogP contribution in [0.25, 0.3) is 0 Å². The Labute approximate surface area is 92.3 Å². The van der Waals surface area contributed by atoms with Gasteiger partial charge in [-0.3, -0.25) is 4.79 Å². The van der Waals surface area contributed by atoms with Crippen molar-refractivity contribution in [2.24, 2.45) is 5.92 Å². The highest BCUT2D eigenvalue weighted by Gasteiger charge is 2.12. The molecule has 0 aliphatic carbocycles. The lowest BCUT2D eigenvalue weighted by Gasteiger charge is -2.22. The predicted octanol–water partition coefficient (Wildman–Crippen LogP) is 1.46. The molecule has 2 N–H and O–H groups in total. The number of nitrogens with one attached hydrogen (secondary N) is 2. The normalized spacial score (nSPS) is 20.8. The summed E-state index contributed by atoms with van der Waals surface area (Å²) in [4.78, 5) is 11.3. The summed E-state index contributed by atoms with van der Waals surface area (Å²) >= 11 is 0. The molecule has 0 radical (unpaired) electrons. The van der Waals surface area contributed by atoms with E-state index in [2.05, 4.69) is 10.6 Å². The van der Waals surface area contributed by atoms with Crippen molar-refractivity contribution in [1.29, 1.82) is 0 Å². The highest BCUT2D eigenvalue weighted by atomic mass is 16.1. The Balaban J connectivity index is 2.10. The number of carbonyl (C=O) groups excluding carboxylic acids is 1. The van der Waals surface area contributed by atoms with Crippen molar-refractivity contribution in [1.82, 2.24) is 10.6 Å². The summed E-state index contributed by atoms with van der Waals surface area (Å²) < 4.78 is 0. The van der Waals surface area contributed by atoms with Crippen LogP contribution in [0, 0.1) is 5.92 Å². The molecule has 1 saturated heterocycles. The first kappa shape index (κ1) is 12.2. The first-order chi connectivity index (χ1) is 7.18. The van der Waals surface area contributed by atoms with Gasteiger partial charge in [0.2, 0.25) is 5.91 Å². The predicted molar refractivity (Wildman–Crippen MR) is 62.7 cm³/mol. The van der Waals surface area contributed by atoms with Crippen molar-refractivity contribution in [3.05, 3.63) is 11.6 Å². The molecule has 0 spiro atoms.